The Morgan fingerprint density at radius 1 is 1.14 bits per heavy atom. The van der Waals surface area contributed by atoms with Crippen molar-refractivity contribution in [2.45, 2.75) is 25.3 Å². The second kappa shape index (κ2) is 7.37. The maximum atomic E-state index is 12.9. The summed E-state index contributed by atoms with van der Waals surface area (Å²) < 4.78 is 12.3. The van der Waals surface area contributed by atoms with Crippen LogP contribution in [0.1, 0.15) is 30.0 Å². The molecule has 7 heteroatoms. The van der Waals surface area contributed by atoms with Gasteiger partial charge in [-0.3, -0.25) is 9.59 Å². The zero-order valence-electron chi connectivity index (χ0n) is 15.8. The molecular formula is C22H21BrN2O4. The number of hydrogen-bond donors (Lipinski definition) is 1. The maximum absolute atomic E-state index is 12.9. The molecule has 1 N–H and O–H groups in total. The Labute approximate surface area is 177 Å². The molecule has 0 radical (unpaired) electrons. The van der Waals surface area contributed by atoms with E-state index in [0.29, 0.717) is 31.3 Å². The number of benzene rings is 2. The number of nitrogens with one attached hydrogen (secondary N) is 1. The van der Waals surface area contributed by atoms with E-state index in [2.05, 4.69) is 27.3 Å². The Morgan fingerprint density at radius 2 is 1.97 bits per heavy atom. The van der Waals surface area contributed by atoms with Gasteiger partial charge >= 0.3 is 0 Å². The lowest BCUT2D eigenvalue weighted by Crippen LogP contribution is -2.34. The zero-order chi connectivity index (χ0) is 20.0. The molecule has 5 rings (SSSR count). The van der Waals surface area contributed by atoms with Crippen molar-refractivity contribution in [3.63, 3.8) is 0 Å². The van der Waals surface area contributed by atoms with Crippen molar-refractivity contribution in [2.24, 2.45) is 5.92 Å². The molecule has 1 aliphatic carbocycles. The zero-order valence-corrected chi connectivity index (χ0v) is 17.4. The monoisotopic (exact) mass is 456 g/mol. The van der Waals surface area contributed by atoms with Crippen molar-refractivity contribution in [1.82, 2.24) is 5.32 Å². The van der Waals surface area contributed by atoms with E-state index in [0.717, 1.165) is 23.0 Å². The van der Waals surface area contributed by atoms with Crippen LogP contribution in [0.4, 0.5) is 5.69 Å². The Kier molecular flexibility index (Phi) is 4.70. The molecule has 1 fully saturated rings. The summed E-state index contributed by atoms with van der Waals surface area (Å²) >= 11 is 3.59. The highest BCUT2D eigenvalue weighted by Crippen LogP contribution is 2.38. The molecule has 2 aliphatic heterocycles. The van der Waals surface area contributed by atoms with Gasteiger partial charge in [0.2, 0.25) is 11.8 Å². The molecule has 2 heterocycles. The summed E-state index contributed by atoms with van der Waals surface area (Å²) in [6.07, 6.45) is 2.04. The van der Waals surface area contributed by atoms with E-state index in [1.165, 1.54) is 11.1 Å². The lowest BCUT2D eigenvalue weighted by atomic mass is 10.1. The third-order valence-electron chi connectivity index (χ3n) is 5.86. The SMILES string of the molecule is O=C(NC1CCc2c(Br)cccc21)C1CC(=O)N(c2ccc3c(c2)OCCO3)C1. The van der Waals surface area contributed by atoms with Gasteiger partial charge in [0.1, 0.15) is 13.2 Å². The van der Waals surface area contributed by atoms with Crippen molar-refractivity contribution in [3.8, 4) is 11.5 Å². The van der Waals surface area contributed by atoms with Crippen LogP contribution in [-0.2, 0) is 16.0 Å². The summed E-state index contributed by atoms with van der Waals surface area (Å²) in [7, 11) is 0. The summed E-state index contributed by atoms with van der Waals surface area (Å²) in [6.45, 7) is 1.40. The summed E-state index contributed by atoms with van der Waals surface area (Å²) in [6, 6.07) is 11.6. The average Bonchev–Trinajstić information content (AvgIpc) is 3.32. The molecule has 0 spiro atoms. The number of ether oxygens (including phenoxy) is 2. The Hall–Kier alpha value is -2.54. The van der Waals surface area contributed by atoms with Gasteiger partial charge in [0.25, 0.3) is 0 Å². The standard InChI is InChI=1S/C22H21BrN2O4/c23-17-3-1-2-16-15(17)5-6-18(16)24-22(27)13-10-21(26)25(12-13)14-4-7-19-20(11-14)29-9-8-28-19/h1-4,7,11,13,18H,5-6,8-10,12H2,(H,24,27). The van der Waals surface area contributed by atoms with Gasteiger partial charge in [0.15, 0.2) is 11.5 Å². The summed E-state index contributed by atoms with van der Waals surface area (Å²) in [5.74, 6) is 0.870. The molecule has 6 nitrogen and oxygen atoms in total. The number of rotatable bonds is 3. The van der Waals surface area contributed by atoms with E-state index < -0.39 is 0 Å². The molecule has 0 bridgehead atoms. The highest BCUT2D eigenvalue weighted by molar-refractivity contribution is 9.10. The van der Waals surface area contributed by atoms with Crippen LogP contribution in [0.5, 0.6) is 11.5 Å². The van der Waals surface area contributed by atoms with E-state index in [1.54, 1.807) is 4.90 Å². The van der Waals surface area contributed by atoms with Crippen LogP contribution in [0.25, 0.3) is 0 Å². The van der Waals surface area contributed by atoms with E-state index >= 15 is 0 Å². The number of fused-ring (bicyclic) bond motifs is 2. The minimum atomic E-state index is -0.355. The van der Waals surface area contributed by atoms with E-state index in [1.807, 2.05) is 30.3 Å². The molecule has 0 saturated carbocycles. The van der Waals surface area contributed by atoms with Gasteiger partial charge < -0.3 is 19.7 Å². The lowest BCUT2D eigenvalue weighted by molar-refractivity contribution is -0.127. The molecule has 2 unspecified atom stereocenters. The number of carbonyl (C=O) groups excluding carboxylic acids is 2. The first-order valence-corrected chi connectivity index (χ1v) is 10.7. The van der Waals surface area contributed by atoms with Crippen molar-refractivity contribution >= 4 is 33.4 Å². The van der Waals surface area contributed by atoms with Gasteiger partial charge in [0, 0.05) is 29.2 Å². The average molecular weight is 457 g/mol. The van der Waals surface area contributed by atoms with Crippen molar-refractivity contribution in [3.05, 3.63) is 52.0 Å². The van der Waals surface area contributed by atoms with Gasteiger partial charge in [-0.15, -0.1) is 0 Å². The number of halogens is 1. The first kappa shape index (κ1) is 18.5. The summed E-state index contributed by atoms with van der Waals surface area (Å²) in [5, 5.41) is 3.16. The molecule has 2 amide bonds. The van der Waals surface area contributed by atoms with Crippen molar-refractivity contribution < 1.29 is 19.1 Å². The van der Waals surface area contributed by atoms with Crippen LogP contribution in [0.3, 0.4) is 0 Å². The van der Waals surface area contributed by atoms with Crippen molar-refractivity contribution in [1.29, 1.82) is 0 Å². The van der Waals surface area contributed by atoms with Gasteiger partial charge in [0.05, 0.1) is 12.0 Å². The van der Waals surface area contributed by atoms with E-state index in [-0.39, 0.29) is 30.2 Å². The smallest absolute Gasteiger partial charge is 0.227 e. The van der Waals surface area contributed by atoms with E-state index in [4.69, 9.17) is 9.47 Å². The van der Waals surface area contributed by atoms with Gasteiger partial charge in [-0.1, -0.05) is 28.1 Å². The number of nitrogens with zero attached hydrogens (tertiary/aromatic N) is 1. The fourth-order valence-corrected chi connectivity index (χ4v) is 4.96. The number of carbonyl (C=O) groups is 2. The minimum Gasteiger partial charge on any atom is -0.486 e. The van der Waals surface area contributed by atoms with Gasteiger partial charge in [-0.25, -0.2) is 0 Å². The largest absolute Gasteiger partial charge is 0.486 e. The van der Waals surface area contributed by atoms with Gasteiger partial charge in [-0.05, 0) is 42.2 Å². The maximum Gasteiger partial charge on any atom is 0.227 e. The second-order valence-electron chi connectivity index (χ2n) is 7.64. The van der Waals surface area contributed by atoms with Crippen molar-refractivity contribution in [2.75, 3.05) is 24.7 Å². The quantitative estimate of drug-likeness (QED) is 0.768. The molecule has 1 saturated heterocycles. The predicted molar refractivity (Wildman–Crippen MR) is 111 cm³/mol. The minimum absolute atomic E-state index is 0.00782. The molecular weight excluding hydrogens is 436 g/mol. The van der Waals surface area contributed by atoms with Crippen LogP contribution in [0.2, 0.25) is 0 Å². The second-order valence-corrected chi connectivity index (χ2v) is 8.50. The summed E-state index contributed by atoms with van der Waals surface area (Å²) in [5.41, 5.74) is 3.17. The lowest BCUT2D eigenvalue weighted by Gasteiger charge is -2.22. The predicted octanol–water partition coefficient (Wildman–Crippen LogP) is 3.38. The molecule has 2 aromatic carbocycles. The molecule has 2 atom stereocenters. The van der Waals surface area contributed by atoms with Crippen LogP contribution in [0, 0.1) is 5.92 Å². The molecule has 150 valence electrons. The van der Waals surface area contributed by atoms with E-state index in [9.17, 15) is 9.59 Å². The third-order valence-corrected chi connectivity index (χ3v) is 6.61. The molecule has 29 heavy (non-hydrogen) atoms. The summed E-state index contributed by atoms with van der Waals surface area (Å²) in [4.78, 5) is 27.2. The molecule has 2 aromatic rings. The Balaban J connectivity index is 1.29. The molecule has 3 aliphatic rings. The fraction of sp³-hybridized carbons (Fsp3) is 0.364. The number of hydrogen-bond acceptors (Lipinski definition) is 4. The first-order chi connectivity index (χ1) is 14.1. The van der Waals surface area contributed by atoms with Crippen LogP contribution in [0.15, 0.2) is 40.9 Å². The number of anilines is 1. The normalized spacial score (nSPS) is 22.5. The van der Waals surface area contributed by atoms with Crippen LogP contribution in [-0.4, -0.2) is 31.6 Å². The highest BCUT2D eigenvalue weighted by Gasteiger charge is 2.37. The Morgan fingerprint density at radius 3 is 2.83 bits per heavy atom. The topological polar surface area (TPSA) is 67.9 Å². The van der Waals surface area contributed by atoms with Crippen LogP contribution < -0.4 is 19.7 Å². The van der Waals surface area contributed by atoms with Crippen LogP contribution >= 0.6 is 15.9 Å². The number of amides is 2. The third kappa shape index (κ3) is 3.37. The first-order valence-electron chi connectivity index (χ1n) is 9.88. The Bertz CT molecular complexity index is 993. The molecule has 0 aromatic heterocycles. The van der Waals surface area contributed by atoms with Gasteiger partial charge in [-0.2, -0.15) is 0 Å². The highest BCUT2D eigenvalue weighted by atomic mass is 79.9. The fourth-order valence-electron chi connectivity index (χ4n) is 4.38.